The zero-order valence-electron chi connectivity index (χ0n) is 11.3. The predicted octanol–water partition coefficient (Wildman–Crippen LogP) is 2.71. The molecule has 1 aliphatic rings. The molecule has 98 valence electrons. The van der Waals surface area contributed by atoms with Crippen LogP contribution in [0, 0.1) is 20.8 Å². The van der Waals surface area contributed by atoms with Crippen molar-refractivity contribution in [3.05, 3.63) is 34.4 Å². The van der Waals surface area contributed by atoms with E-state index < -0.39 is 11.5 Å². The Labute approximate surface area is 108 Å². The highest BCUT2D eigenvalue weighted by atomic mass is 16.4. The molecule has 0 aromatic heterocycles. The first kappa shape index (κ1) is 13.1. The number of carbonyl (C=O) groups is 1. The van der Waals surface area contributed by atoms with E-state index in [1.807, 2.05) is 0 Å². The second kappa shape index (κ2) is 4.73. The third-order valence-corrected chi connectivity index (χ3v) is 4.06. The number of rotatable bonds is 4. The van der Waals surface area contributed by atoms with Crippen LogP contribution in [0.5, 0.6) is 0 Å². The molecule has 0 aliphatic heterocycles. The molecule has 0 spiro atoms. The number of carboxylic acids is 1. The topological polar surface area (TPSA) is 49.3 Å². The Hall–Kier alpha value is -1.35. The van der Waals surface area contributed by atoms with Gasteiger partial charge in [0.2, 0.25) is 0 Å². The van der Waals surface area contributed by atoms with Gasteiger partial charge in [-0.2, -0.15) is 0 Å². The Bertz CT molecular complexity index is 452. The molecule has 0 heterocycles. The first-order valence-electron chi connectivity index (χ1n) is 6.50. The van der Waals surface area contributed by atoms with E-state index in [4.69, 9.17) is 0 Å². The van der Waals surface area contributed by atoms with Crippen LogP contribution in [0.1, 0.15) is 41.5 Å². The lowest BCUT2D eigenvalue weighted by atomic mass is 9.76. The first-order valence-corrected chi connectivity index (χ1v) is 6.50. The third-order valence-electron chi connectivity index (χ3n) is 4.06. The summed E-state index contributed by atoms with van der Waals surface area (Å²) in [4.78, 5) is 11.3. The summed E-state index contributed by atoms with van der Waals surface area (Å²) in [5, 5.41) is 12.5. The molecule has 1 aromatic rings. The molecule has 0 atom stereocenters. The molecule has 2 rings (SSSR count). The highest BCUT2D eigenvalue weighted by Gasteiger charge is 2.43. The largest absolute Gasteiger partial charge is 0.480 e. The fourth-order valence-electron chi connectivity index (χ4n) is 2.74. The molecule has 0 saturated heterocycles. The molecule has 3 nitrogen and oxygen atoms in total. The normalized spacial score (nSPS) is 17.3. The first-order chi connectivity index (χ1) is 8.44. The van der Waals surface area contributed by atoms with E-state index in [0.717, 1.165) is 19.3 Å². The maximum Gasteiger partial charge on any atom is 0.323 e. The Kier molecular flexibility index (Phi) is 3.44. The van der Waals surface area contributed by atoms with Gasteiger partial charge < -0.3 is 5.11 Å². The van der Waals surface area contributed by atoms with E-state index in [-0.39, 0.29) is 0 Å². The van der Waals surface area contributed by atoms with E-state index in [0.29, 0.717) is 6.54 Å². The fourth-order valence-corrected chi connectivity index (χ4v) is 2.74. The smallest absolute Gasteiger partial charge is 0.323 e. The van der Waals surface area contributed by atoms with Crippen molar-refractivity contribution in [1.82, 2.24) is 5.32 Å². The van der Waals surface area contributed by atoms with Crippen molar-refractivity contribution in [2.24, 2.45) is 0 Å². The van der Waals surface area contributed by atoms with E-state index in [1.54, 1.807) is 0 Å². The number of aliphatic carboxylic acids is 1. The molecule has 3 heteroatoms. The summed E-state index contributed by atoms with van der Waals surface area (Å²) < 4.78 is 0. The Morgan fingerprint density at radius 2 is 1.83 bits per heavy atom. The van der Waals surface area contributed by atoms with Gasteiger partial charge in [-0.15, -0.1) is 0 Å². The third kappa shape index (κ3) is 2.27. The van der Waals surface area contributed by atoms with Crippen LogP contribution >= 0.6 is 0 Å². The molecule has 1 fully saturated rings. The van der Waals surface area contributed by atoms with Crippen molar-refractivity contribution in [1.29, 1.82) is 0 Å². The summed E-state index contributed by atoms with van der Waals surface area (Å²) >= 11 is 0. The fraction of sp³-hybridized carbons (Fsp3) is 0.533. The average Bonchev–Trinajstić information content (AvgIpc) is 2.18. The van der Waals surface area contributed by atoms with Crippen molar-refractivity contribution in [3.8, 4) is 0 Å². The van der Waals surface area contributed by atoms with E-state index in [1.165, 1.54) is 22.3 Å². The summed E-state index contributed by atoms with van der Waals surface area (Å²) in [6.07, 6.45) is 2.49. The summed E-state index contributed by atoms with van der Waals surface area (Å²) in [7, 11) is 0. The lowest BCUT2D eigenvalue weighted by Crippen LogP contribution is -2.56. The van der Waals surface area contributed by atoms with Gasteiger partial charge in [0.25, 0.3) is 0 Å². The SMILES string of the molecule is Cc1cc(C)c(CNC2(C(=O)O)CCC2)c(C)c1. The van der Waals surface area contributed by atoms with Crippen LogP contribution in [0.4, 0.5) is 0 Å². The maximum atomic E-state index is 11.3. The van der Waals surface area contributed by atoms with Crippen molar-refractivity contribution in [2.75, 3.05) is 0 Å². The predicted molar refractivity (Wildman–Crippen MR) is 71.7 cm³/mol. The number of hydrogen-bond acceptors (Lipinski definition) is 2. The monoisotopic (exact) mass is 247 g/mol. The number of carboxylic acid groups (broad SMARTS) is 1. The summed E-state index contributed by atoms with van der Waals surface area (Å²) in [5.41, 5.74) is 4.28. The number of aryl methyl sites for hydroxylation is 3. The molecule has 0 unspecified atom stereocenters. The van der Waals surface area contributed by atoms with Crippen LogP contribution in [-0.2, 0) is 11.3 Å². The minimum Gasteiger partial charge on any atom is -0.480 e. The second-order valence-corrected chi connectivity index (χ2v) is 5.47. The minimum absolute atomic E-state index is 0.643. The Morgan fingerprint density at radius 1 is 1.28 bits per heavy atom. The summed E-state index contributed by atoms with van der Waals surface area (Å²) in [5.74, 6) is -0.712. The molecule has 0 radical (unpaired) electrons. The van der Waals surface area contributed by atoms with Crippen LogP contribution in [0.2, 0.25) is 0 Å². The van der Waals surface area contributed by atoms with Crippen LogP contribution in [-0.4, -0.2) is 16.6 Å². The van der Waals surface area contributed by atoms with Crippen LogP contribution < -0.4 is 5.32 Å². The van der Waals surface area contributed by atoms with E-state index in [9.17, 15) is 9.90 Å². The number of benzene rings is 1. The van der Waals surface area contributed by atoms with E-state index in [2.05, 4.69) is 38.2 Å². The highest BCUT2D eigenvalue weighted by Crippen LogP contribution is 2.32. The minimum atomic E-state index is -0.712. The maximum absolute atomic E-state index is 11.3. The molecule has 1 aliphatic carbocycles. The van der Waals surface area contributed by atoms with Gasteiger partial charge in [0.15, 0.2) is 0 Å². The van der Waals surface area contributed by atoms with E-state index >= 15 is 0 Å². The molecule has 0 bridgehead atoms. The van der Waals surface area contributed by atoms with Crippen LogP contribution in [0.3, 0.4) is 0 Å². The zero-order chi connectivity index (χ0) is 13.3. The molecular weight excluding hydrogens is 226 g/mol. The average molecular weight is 247 g/mol. The van der Waals surface area contributed by atoms with Crippen molar-refractivity contribution >= 4 is 5.97 Å². The second-order valence-electron chi connectivity index (χ2n) is 5.47. The molecule has 1 aromatic carbocycles. The summed E-state index contributed by atoms with van der Waals surface area (Å²) in [6.45, 7) is 6.91. The molecule has 2 N–H and O–H groups in total. The molecule has 18 heavy (non-hydrogen) atoms. The number of nitrogens with one attached hydrogen (secondary N) is 1. The van der Waals surface area contributed by atoms with Crippen molar-refractivity contribution < 1.29 is 9.90 Å². The zero-order valence-corrected chi connectivity index (χ0v) is 11.3. The quantitative estimate of drug-likeness (QED) is 0.860. The van der Waals surface area contributed by atoms with Gasteiger partial charge in [-0.25, -0.2) is 0 Å². The molecule has 1 saturated carbocycles. The lowest BCUT2D eigenvalue weighted by Gasteiger charge is -2.38. The standard InChI is InChI=1S/C15H21NO2/c1-10-7-11(2)13(12(3)8-10)9-16-15(14(17)18)5-4-6-15/h7-8,16H,4-6,9H2,1-3H3,(H,17,18). The van der Waals surface area contributed by atoms with Crippen LogP contribution in [0.15, 0.2) is 12.1 Å². The van der Waals surface area contributed by atoms with Crippen LogP contribution in [0.25, 0.3) is 0 Å². The highest BCUT2D eigenvalue weighted by molar-refractivity contribution is 5.80. The van der Waals surface area contributed by atoms with Gasteiger partial charge in [-0.3, -0.25) is 10.1 Å². The van der Waals surface area contributed by atoms with Gasteiger partial charge in [0, 0.05) is 6.54 Å². The van der Waals surface area contributed by atoms with Gasteiger partial charge in [-0.1, -0.05) is 17.7 Å². The summed E-state index contributed by atoms with van der Waals surface area (Å²) in [6, 6.07) is 4.30. The molecule has 0 amide bonds. The lowest BCUT2D eigenvalue weighted by molar-refractivity contribution is -0.148. The van der Waals surface area contributed by atoms with Gasteiger partial charge in [0.05, 0.1) is 0 Å². The van der Waals surface area contributed by atoms with Crippen molar-refractivity contribution in [2.45, 2.75) is 52.1 Å². The Morgan fingerprint density at radius 3 is 2.22 bits per heavy atom. The van der Waals surface area contributed by atoms with Gasteiger partial charge in [-0.05, 0) is 56.7 Å². The van der Waals surface area contributed by atoms with Gasteiger partial charge >= 0.3 is 5.97 Å². The molecular formula is C15H21NO2. The van der Waals surface area contributed by atoms with Gasteiger partial charge in [0.1, 0.15) is 5.54 Å². The van der Waals surface area contributed by atoms with Crippen molar-refractivity contribution in [3.63, 3.8) is 0 Å². The number of hydrogen-bond donors (Lipinski definition) is 2. The Balaban J connectivity index is 2.13.